The van der Waals surface area contributed by atoms with E-state index in [1.165, 1.54) is 12.8 Å². The maximum Gasteiger partial charge on any atom is 0.0643 e. The second-order valence-electron chi connectivity index (χ2n) is 4.83. The number of nitrogens with two attached hydrogens (primary N) is 1. The van der Waals surface area contributed by atoms with Gasteiger partial charge in [0.1, 0.15) is 0 Å². The SMILES string of the molecule is C[C@@H](N)c1ccc(N(CCC#N)C2CC2)c(Cl)c1. The Hall–Kier alpha value is -1.24. The first-order valence-electron chi connectivity index (χ1n) is 6.32. The Morgan fingerprint density at radius 1 is 1.56 bits per heavy atom. The Morgan fingerprint density at radius 2 is 2.28 bits per heavy atom. The van der Waals surface area contributed by atoms with Crippen molar-refractivity contribution < 1.29 is 0 Å². The molecule has 0 unspecified atom stereocenters. The summed E-state index contributed by atoms with van der Waals surface area (Å²) in [6, 6.07) is 8.72. The van der Waals surface area contributed by atoms with Gasteiger partial charge >= 0.3 is 0 Å². The first-order valence-corrected chi connectivity index (χ1v) is 6.70. The molecule has 0 aromatic heterocycles. The molecule has 4 heteroatoms. The minimum absolute atomic E-state index is 0.00923. The van der Waals surface area contributed by atoms with Crippen LogP contribution in [-0.4, -0.2) is 12.6 Å². The van der Waals surface area contributed by atoms with E-state index in [4.69, 9.17) is 22.6 Å². The number of hydrogen-bond acceptors (Lipinski definition) is 3. The van der Waals surface area contributed by atoms with Gasteiger partial charge in [-0.05, 0) is 37.5 Å². The molecule has 1 aromatic carbocycles. The number of rotatable bonds is 5. The molecule has 3 nitrogen and oxygen atoms in total. The van der Waals surface area contributed by atoms with Crippen molar-refractivity contribution in [2.24, 2.45) is 5.73 Å². The lowest BCUT2D eigenvalue weighted by atomic mass is 10.1. The van der Waals surface area contributed by atoms with Crippen LogP contribution in [0.5, 0.6) is 0 Å². The Kier molecular flexibility index (Phi) is 4.11. The fraction of sp³-hybridized carbons (Fsp3) is 0.500. The number of hydrogen-bond donors (Lipinski definition) is 1. The zero-order chi connectivity index (χ0) is 13.1. The first-order chi connectivity index (χ1) is 8.63. The summed E-state index contributed by atoms with van der Waals surface area (Å²) >= 11 is 6.34. The third-order valence-electron chi connectivity index (χ3n) is 3.26. The highest BCUT2D eigenvalue weighted by Gasteiger charge is 2.30. The first kappa shape index (κ1) is 13.2. The fourth-order valence-electron chi connectivity index (χ4n) is 2.10. The lowest BCUT2D eigenvalue weighted by molar-refractivity contribution is 0.788. The van der Waals surface area contributed by atoms with E-state index in [1.54, 1.807) is 0 Å². The van der Waals surface area contributed by atoms with Crippen molar-refractivity contribution in [1.82, 2.24) is 0 Å². The van der Waals surface area contributed by atoms with Crippen LogP contribution in [0.3, 0.4) is 0 Å². The number of benzene rings is 1. The summed E-state index contributed by atoms with van der Waals surface area (Å²) in [5.74, 6) is 0. The molecule has 1 aliphatic carbocycles. The van der Waals surface area contributed by atoms with Crippen molar-refractivity contribution in [3.05, 3.63) is 28.8 Å². The van der Waals surface area contributed by atoms with Gasteiger partial charge in [0.05, 0.1) is 23.2 Å². The summed E-state index contributed by atoms with van der Waals surface area (Å²) in [5.41, 5.74) is 7.91. The van der Waals surface area contributed by atoms with Crippen LogP contribution in [0.2, 0.25) is 5.02 Å². The Bertz CT molecular complexity index is 461. The van der Waals surface area contributed by atoms with E-state index in [9.17, 15) is 0 Å². The van der Waals surface area contributed by atoms with Crippen LogP contribution in [0.4, 0.5) is 5.69 Å². The monoisotopic (exact) mass is 263 g/mol. The van der Waals surface area contributed by atoms with Gasteiger partial charge in [0.2, 0.25) is 0 Å². The number of nitrogens with zero attached hydrogens (tertiary/aromatic N) is 2. The second-order valence-corrected chi connectivity index (χ2v) is 5.24. The van der Waals surface area contributed by atoms with Crippen molar-refractivity contribution >= 4 is 17.3 Å². The predicted molar refractivity (Wildman–Crippen MR) is 74.7 cm³/mol. The van der Waals surface area contributed by atoms with E-state index >= 15 is 0 Å². The molecule has 0 spiro atoms. The van der Waals surface area contributed by atoms with Gasteiger partial charge in [0.15, 0.2) is 0 Å². The third kappa shape index (κ3) is 2.95. The van der Waals surface area contributed by atoms with Crippen LogP contribution < -0.4 is 10.6 Å². The molecule has 18 heavy (non-hydrogen) atoms. The lowest BCUT2D eigenvalue weighted by Gasteiger charge is -2.25. The maximum absolute atomic E-state index is 8.72. The zero-order valence-corrected chi connectivity index (χ0v) is 11.3. The lowest BCUT2D eigenvalue weighted by Crippen LogP contribution is -2.27. The molecule has 1 atom stereocenters. The van der Waals surface area contributed by atoms with Gasteiger partial charge in [-0.3, -0.25) is 0 Å². The molecule has 0 radical (unpaired) electrons. The Morgan fingerprint density at radius 3 is 2.78 bits per heavy atom. The fourth-order valence-corrected chi connectivity index (χ4v) is 2.39. The highest BCUT2D eigenvalue weighted by Crippen LogP contribution is 2.36. The van der Waals surface area contributed by atoms with Crippen LogP contribution in [0.1, 0.15) is 37.8 Å². The standard InChI is InChI=1S/C14H18ClN3/c1-10(17)11-3-6-14(13(15)9-11)18(8-2-7-16)12-4-5-12/h3,6,9-10,12H,2,4-5,8,17H2,1H3/t10-/m1/s1. The molecule has 0 saturated heterocycles. The average molecular weight is 264 g/mol. The third-order valence-corrected chi connectivity index (χ3v) is 3.56. The summed E-state index contributed by atoms with van der Waals surface area (Å²) in [6.45, 7) is 2.69. The molecule has 1 fully saturated rings. The van der Waals surface area contributed by atoms with Crippen molar-refractivity contribution in [3.8, 4) is 6.07 Å². The van der Waals surface area contributed by atoms with Gasteiger partial charge in [-0.15, -0.1) is 0 Å². The van der Waals surface area contributed by atoms with Gasteiger partial charge < -0.3 is 10.6 Å². The number of nitriles is 1. The van der Waals surface area contributed by atoms with E-state index in [0.29, 0.717) is 12.5 Å². The van der Waals surface area contributed by atoms with Crippen LogP contribution in [0.25, 0.3) is 0 Å². The molecular weight excluding hydrogens is 246 g/mol. The van der Waals surface area contributed by atoms with Crippen LogP contribution in [0, 0.1) is 11.3 Å². The van der Waals surface area contributed by atoms with Gasteiger partial charge in [-0.2, -0.15) is 5.26 Å². The molecule has 2 rings (SSSR count). The largest absolute Gasteiger partial charge is 0.366 e. The summed E-state index contributed by atoms with van der Waals surface area (Å²) in [4.78, 5) is 2.25. The maximum atomic E-state index is 8.72. The van der Waals surface area contributed by atoms with Gasteiger partial charge in [0, 0.05) is 18.6 Å². The van der Waals surface area contributed by atoms with E-state index in [0.717, 1.165) is 22.8 Å². The van der Waals surface area contributed by atoms with Crippen LogP contribution in [-0.2, 0) is 0 Å². The highest BCUT2D eigenvalue weighted by atomic mass is 35.5. The normalized spacial score (nSPS) is 16.1. The number of anilines is 1. The van der Waals surface area contributed by atoms with Crippen LogP contribution in [0.15, 0.2) is 18.2 Å². The van der Waals surface area contributed by atoms with Gasteiger partial charge in [0.25, 0.3) is 0 Å². The Balaban J connectivity index is 2.22. The van der Waals surface area contributed by atoms with Crippen LogP contribution >= 0.6 is 11.6 Å². The van der Waals surface area contributed by atoms with Crippen molar-refractivity contribution in [2.45, 2.75) is 38.3 Å². The van der Waals surface area contributed by atoms with E-state index in [2.05, 4.69) is 11.0 Å². The molecule has 0 amide bonds. The molecule has 1 aromatic rings. The smallest absolute Gasteiger partial charge is 0.0643 e. The number of halogens is 1. The molecular formula is C14H18ClN3. The topological polar surface area (TPSA) is 53.0 Å². The van der Waals surface area contributed by atoms with E-state index < -0.39 is 0 Å². The molecule has 2 N–H and O–H groups in total. The molecule has 1 aliphatic rings. The summed E-state index contributed by atoms with van der Waals surface area (Å²) < 4.78 is 0. The highest BCUT2D eigenvalue weighted by molar-refractivity contribution is 6.33. The Labute approximate surface area is 113 Å². The van der Waals surface area contributed by atoms with Crippen molar-refractivity contribution in [3.63, 3.8) is 0 Å². The van der Waals surface area contributed by atoms with Crippen molar-refractivity contribution in [1.29, 1.82) is 5.26 Å². The summed E-state index contributed by atoms with van der Waals surface area (Å²) in [7, 11) is 0. The van der Waals surface area contributed by atoms with E-state index in [-0.39, 0.29) is 6.04 Å². The average Bonchev–Trinajstić information content (AvgIpc) is 3.15. The molecule has 0 aliphatic heterocycles. The van der Waals surface area contributed by atoms with E-state index in [1.807, 2.05) is 25.1 Å². The minimum Gasteiger partial charge on any atom is -0.366 e. The molecule has 96 valence electrons. The summed E-state index contributed by atoms with van der Waals surface area (Å²) in [6.07, 6.45) is 2.91. The van der Waals surface area contributed by atoms with Gasteiger partial charge in [-0.1, -0.05) is 17.7 Å². The minimum atomic E-state index is -0.00923. The zero-order valence-electron chi connectivity index (χ0n) is 10.6. The molecule has 0 heterocycles. The van der Waals surface area contributed by atoms with Crippen molar-refractivity contribution in [2.75, 3.05) is 11.4 Å². The molecule has 1 saturated carbocycles. The second kappa shape index (κ2) is 5.60. The molecule has 0 bridgehead atoms. The quantitative estimate of drug-likeness (QED) is 0.887. The van der Waals surface area contributed by atoms with Gasteiger partial charge in [-0.25, -0.2) is 0 Å². The summed E-state index contributed by atoms with van der Waals surface area (Å²) in [5, 5.41) is 9.46. The predicted octanol–water partition coefficient (Wildman–Crippen LogP) is 3.24.